The van der Waals surface area contributed by atoms with Crippen molar-refractivity contribution in [1.82, 2.24) is 0 Å². The molecule has 29 heavy (non-hydrogen) atoms. The molecule has 2 aromatic carbocycles. The number of hydrogen-bond donors (Lipinski definition) is 0. The average molecular weight is 472 g/mol. The second kappa shape index (κ2) is 9.44. The van der Waals surface area contributed by atoms with E-state index in [0.29, 0.717) is 11.1 Å². The van der Waals surface area contributed by atoms with Crippen LogP contribution in [0, 0.1) is 0 Å². The molecule has 3 rings (SSSR count). The Morgan fingerprint density at radius 2 is 1.69 bits per heavy atom. The molecule has 0 aliphatic heterocycles. The fraction of sp³-hybridized carbons (Fsp3) is 0.400. The predicted octanol–water partition coefficient (Wildman–Crippen LogP) is 7.49. The molecule has 0 aliphatic carbocycles. The molecule has 0 saturated heterocycles. The molecule has 2 nitrogen and oxygen atoms in total. The van der Waals surface area contributed by atoms with Gasteiger partial charge < -0.3 is 4.43 Å². The molecule has 1 aromatic heterocycles. The normalized spacial score (nSPS) is 12.1. The number of halogens is 1. The van der Waals surface area contributed by atoms with Gasteiger partial charge in [-0.05, 0) is 40.7 Å². The minimum atomic E-state index is -1.87. The zero-order valence-electron chi connectivity index (χ0n) is 18.3. The highest BCUT2D eigenvalue weighted by Crippen LogP contribution is 2.39. The quantitative estimate of drug-likeness (QED) is 0.245. The summed E-state index contributed by atoms with van der Waals surface area (Å²) < 4.78 is 10.3. The molecule has 0 radical (unpaired) electrons. The Morgan fingerprint density at radius 3 is 2.34 bits per heavy atom. The molecule has 0 saturated carbocycles. The van der Waals surface area contributed by atoms with Gasteiger partial charge in [0.05, 0.1) is 0 Å². The lowest BCUT2D eigenvalue weighted by molar-refractivity contribution is -0.687. The maximum absolute atomic E-state index is 6.87. The van der Waals surface area contributed by atoms with E-state index in [4.69, 9.17) is 4.43 Å². The summed E-state index contributed by atoms with van der Waals surface area (Å²) in [6.07, 6.45) is 5.57. The first-order valence-corrected chi connectivity index (χ1v) is 13.8. The summed E-state index contributed by atoms with van der Waals surface area (Å²) in [7, 11) is -1.87. The van der Waals surface area contributed by atoms with Crippen LogP contribution in [-0.2, 0) is 6.54 Å². The third-order valence-electron chi connectivity index (χ3n) is 6.02. The van der Waals surface area contributed by atoms with Crippen molar-refractivity contribution in [2.24, 2.45) is 0 Å². The third-order valence-corrected chi connectivity index (χ3v) is 12.6. The van der Waals surface area contributed by atoms with Crippen molar-refractivity contribution < 1.29 is 8.99 Å². The number of pyridine rings is 1. The van der Waals surface area contributed by atoms with Gasteiger partial charge >= 0.3 is 0 Å². The van der Waals surface area contributed by atoms with Gasteiger partial charge in [-0.25, -0.2) is 4.57 Å². The van der Waals surface area contributed by atoms with Crippen LogP contribution in [0.1, 0.15) is 46.6 Å². The Labute approximate surface area is 185 Å². The number of fused-ring (bicyclic) bond motifs is 1. The van der Waals surface area contributed by atoms with Crippen LogP contribution in [0.2, 0.25) is 17.1 Å². The fourth-order valence-electron chi connectivity index (χ4n) is 4.34. The number of benzene rings is 2. The van der Waals surface area contributed by atoms with Crippen molar-refractivity contribution in [3.05, 3.63) is 71.0 Å². The molecule has 0 N–H and O–H groups in total. The fourth-order valence-corrected chi connectivity index (χ4v) is 9.16. The van der Waals surface area contributed by atoms with Gasteiger partial charge in [0.1, 0.15) is 5.75 Å². The van der Waals surface area contributed by atoms with Crippen LogP contribution in [0.5, 0.6) is 5.75 Å². The molecule has 1 heterocycles. The lowest BCUT2D eigenvalue weighted by Gasteiger charge is -2.39. The summed E-state index contributed by atoms with van der Waals surface area (Å²) in [6, 6.07) is 18.4. The topological polar surface area (TPSA) is 13.1 Å². The molecule has 0 amide bonds. The highest BCUT2D eigenvalue weighted by Gasteiger charge is 2.43. The first-order chi connectivity index (χ1) is 13.9. The van der Waals surface area contributed by atoms with Crippen LogP contribution in [0.25, 0.3) is 10.8 Å². The summed E-state index contributed by atoms with van der Waals surface area (Å²) in [5, 5.41) is 2.47. The standard InChI is InChI=1S/C25H33BrNOSi/c1-6-15-29(19(2)3,20(4)5)28-24-12-11-21-13-14-27(18-23(21)16-24)17-22-9-7-8-10-25(22)26/h7-14,16,18-20H,6,15,17H2,1-5H3/q+1. The molecule has 4 heteroatoms. The smallest absolute Gasteiger partial charge is 0.256 e. The molecular weight excluding hydrogens is 438 g/mol. The van der Waals surface area contributed by atoms with Crippen LogP contribution in [-0.4, -0.2) is 8.32 Å². The van der Waals surface area contributed by atoms with E-state index in [-0.39, 0.29) is 0 Å². The van der Waals surface area contributed by atoms with E-state index in [0.717, 1.165) is 16.8 Å². The first-order valence-electron chi connectivity index (χ1n) is 10.7. The van der Waals surface area contributed by atoms with Crippen LogP contribution in [0.4, 0.5) is 0 Å². The zero-order chi connectivity index (χ0) is 21.0. The Morgan fingerprint density at radius 1 is 0.966 bits per heavy atom. The maximum atomic E-state index is 6.87. The molecule has 0 atom stereocenters. The highest BCUT2D eigenvalue weighted by molar-refractivity contribution is 9.10. The van der Waals surface area contributed by atoms with Crippen LogP contribution >= 0.6 is 15.9 Å². The second-order valence-corrected chi connectivity index (χ2v) is 14.4. The van der Waals surface area contributed by atoms with Crippen molar-refractivity contribution in [3.8, 4) is 5.75 Å². The van der Waals surface area contributed by atoms with Gasteiger partial charge in [0.2, 0.25) is 0 Å². The van der Waals surface area contributed by atoms with E-state index in [9.17, 15) is 0 Å². The van der Waals surface area contributed by atoms with E-state index in [1.807, 2.05) is 0 Å². The van der Waals surface area contributed by atoms with Crippen molar-refractivity contribution >= 4 is 35.0 Å². The Hall–Kier alpha value is -1.65. The van der Waals surface area contributed by atoms with E-state index in [1.165, 1.54) is 28.8 Å². The molecule has 0 aliphatic rings. The molecule has 0 spiro atoms. The number of nitrogens with zero attached hydrogens (tertiary/aromatic N) is 1. The molecular formula is C25H33BrNOSi+. The summed E-state index contributed by atoms with van der Waals surface area (Å²) in [5.41, 5.74) is 2.46. The van der Waals surface area contributed by atoms with Gasteiger partial charge in [0, 0.05) is 21.5 Å². The van der Waals surface area contributed by atoms with Gasteiger partial charge in [0.25, 0.3) is 8.32 Å². The molecule has 0 fully saturated rings. The van der Waals surface area contributed by atoms with Crippen LogP contribution in [0.15, 0.2) is 65.4 Å². The van der Waals surface area contributed by atoms with Crippen LogP contribution < -0.4 is 8.99 Å². The number of aromatic nitrogens is 1. The minimum Gasteiger partial charge on any atom is -0.543 e. The van der Waals surface area contributed by atoms with Crippen molar-refractivity contribution in [1.29, 1.82) is 0 Å². The Kier molecular flexibility index (Phi) is 7.17. The van der Waals surface area contributed by atoms with Crippen molar-refractivity contribution in [2.45, 2.75) is 64.7 Å². The van der Waals surface area contributed by atoms with Crippen LogP contribution in [0.3, 0.4) is 0 Å². The largest absolute Gasteiger partial charge is 0.543 e. The minimum absolute atomic E-state index is 0.592. The van der Waals surface area contributed by atoms with Gasteiger partial charge in [-0.15, -0.1) is 0 Å². The van der Waals surface area contributed by atoms with E-state index in [2.05, 4.69) is 116 Å². The molecule has 0 unspecified atom stereocenters. The molecule has 3 aromatic rings. The second-order valence-electron chi connectivity index (χ2n) is 8.62. The van der Waals surface area contributed by atoms with Crippen molar-refractivity contribution in [3.63, 3.8) is 0 Å². The third kappa shape index (κ3) is 4.92. The zero-order valence-corrected chi connectivity index (χ0v) is 20.9. The molecule has 0 bridgehead atoms. The Balaban J connectivity index is 1.93. The SMILES string of the molecule is CCC[Si](Oc1ccc2cc[n+](Cc3ccccc3Br)cc2c1)(C(C)C)C(C)C. The van der Waals surface area contributed by atoms with E-state index >= 15 is 0 Å². The number of rotatable bonds is 8. The monoisotopic (exact) mass is 470 g/mol. The van der Waals surface area contributed by atoms with E-state index in [1.54, 1.807) is 0 Å². The summed E-state index contributed by atoms with van der Waals surface area (Å²) in [6.45, 7) is 12.5. The highest BCUT2D eigenvalue weighted by atomic mass is 79.9. The van der Waals surface area contributed by atoms with Gasteiger partial charge in [0.15, 0.2) is 18.9 Å². The average Bonchev–Trinajstić information content (AvgIpc) is 2.68. The van der Waals surface area contributed by atoms with Gasteiger partial charge in [-0.1, -0.05) is 81.2 Å². The van der Waals surface area contributed by atoms with Crippen molar-refractivity contribution in [2.75, 3.05) is 0 Å². The lowest BCUT2D eigenvalue weighted by Crippen LogP contribution is -2.47. The van der Waals surface area contributed by atoms with Gasteiger partial charge in [-0.3, -0.25) is 0 Å². The first kappa shape index (κ1) is 22.0. The Bertz CT molecular complexity index is 962. The maximum Gasteiger partial charge on any atom is 0.256 e. The summed E-state index contributed by atoms with van der Waals surface area (Å²) in [5.74, 6) is 1.03. The number of hydrogen-bond acceptors (Lipinski definition) is 1. The molecule has 154 valence electrons. The summed E-state index contributed by atoms with van der Waals surface area (Å²) in [4.78, 5) is 0. The van der Waals surface area contributed by atoms with Gasteiger partial charge in [-0.2, -0.15) is 0 Å². The lowest BCUT2D eigenvalue weighted by atomic mass is 10.1. The summed E-state index contributed by atoms with van der Waals surface area (Å²) >= 11 is 3.66. The predicted molar refractivity (Wildman–Crippen MR) is 129 cm³/mol. The van der Waals surface area contributed by atoms with E-state index < -0.39 is 8.32 Å².